The molecule has 2 aromatic carbocycles. The monoisotopic (exact) mass is 454 g/mol. The minimum absolute atomic E-state index is 0.131. The zero-order valence-corrected chi connectivity index (χ0v) is 19.1. The molecular weight excluding hydrogens is 428 g/mol. The molecule has 168 valence electrons. The highest BCUT2D eigenvalue weighted by Crippen LogP contribution is 2.25. The van der Waals surface area contributed by atoms with E-state index in [4.69, 9.17) is 25.7 Å². The Morgan fingerprint density at radius 2 is 1.84 bits per heavy atom. The van der Waals surface area contributed by atoms with E-state index >= 15 is 0 Å². The quantitative estimate of drug-likeness (QED) is 0.564. The Bertz CT molecular complexity index is 1060. The second-order valence-corrected chi connectivity index (χ2v) is 8.06. The third kappa shape index (κ3) is 5.23. The van der Waals surface area contributed by atoms with Crippen LogP contribution in [0.4, 0.5) is 10.5 Å². The Morgan fingerprint density at radius 1 is 1.12 bits per heavy atom. The summed E-state index contributed by atoms with van der Waals surface area (Å²) in [6.07, 6.45) is 0. The van der Waals surface area contributed by atoms with E-state index in [1.807, 2.05) is 50.2 Å². The summed E-state index contributed by atoms with van der Waals surface area (Å²) in [4.78, 5) is 21.4. The molecule has 1 saturated heterocycles. The number of amides is 2. The van der Waals surface area contributed by atoms with Crippen molar-refractivity contribution in [3.8, 4) is 17.2 Å². The Balaban J connectivity index is 1.32. The Hall–Kier alpha value is -3.03. The first-order valence-electron chi connectivity index (χ1n) is 10.8. The maximum atomic E-state index is 12.6. The summed E-state index contributed by atoms with van der Waals surface area (Å²) in [5.41, 5.74) is 2.47. The van der Waals surface area contributed by atoms with Crippen LogP contribution in [0.1, 0.15) is 18.4 Å². The van der Waals surface area contributed by atoms with E-state index in [0.29, 0.717) is 42.8 Å². The Morgan fingerprint density at radius 3 is 2.53 bits per heavy atom. The number of hydrogen-bond donors (Lipinski definition) is 1. The predicted octanol–water partition coefficient (Wildman–Crippen LogP) is 5.05. The van der Waals surface area contributed by atoms with Gasteiger partial charge in [-0.25, -0.2) is 9.78 Å². The summed E-state index contributed by atoms with van der Waals surface area (Å²) in [6.45, 7) is 8.03. The summed E-state index contributed by atoms with van der Waals surface area (Å²) in [5.74, 6) is 2.25. The van der Waals surface area contributed by atoms with Gasteiger partial charge in [-0.1, -0.05) is 23.7 Å². The van der Waals surface area contributed by atoms with Crippen LogP contribution in [0.5, 0.6) is 5.75 Å². The van der Waals surface area contributed by atoms with Crippen LogP contribution in [0.25, 0.3) is 11.5 Å². The fourth-order valence-corrected chi connectivity index (χ4v) is 3.82. The van der Waals surface area contributed by atoms with Crippen molar-refractivity contribution >= 4 is 23.3 Å². The number of urea groups is 1. The van der Waals surface area contributed by atoms with Gasteiger partial charge in [0.1, 0.15) is 11.5 Å². The van der Waals surface area contributed by atoms with Crippen molar-refractivity contribution in [1.29, 1.82) is 0 Å². The van der Waals surface area contributed by atoms with Gasteiger partial charge in [-0.2, -0.15) is 0 Å². The number of aromatic nitrogens is 1. The molecule has 0 aliphatic carbocycles. The number of oxazole rings is 1. The molecule has 1 aliphatic rings. The van der Waals surface area contributed by atoms with E-state index in [1.165, 1.54) is 0 Å². The molecule has 0 bridgehead atoms. The Kier molecular flexibility index (Phi) is 6.97. The van der Waals surface area contributed by atoms with Gasteiger partial charge in [0, 0.05) is 38.3 Å². The van der Waals surface area contributed by atoms with E-state index in [9.17, 15) is 4.79 Å². The number of rotatable bonds is 6. The molecule has 1 aromatic heterocycles. The van der Waals surface area contributed by atoms with E-state index < -0.39 is 0 Å². The fourth-order valence-electron chi connectivity index (χ4n) is 3.64. The minimum Gasteiger partial charge on any atom is -0.494 e. The smallest absolute Gasteiger partial charge is 0.321 e. The second-order valence-electron chi connectivity index (χ2n) is 7.65. The maximum absolute atomic E-state index is 12.6. The Labute approximate surface area is 192 Å². The standard InChI is InChI=1S/C24H27ClN4O3/c1-3-31-19-10-8-18(9-11-19)23-26-22(17(2)32-23)16-28-12-14-29(15-13-28)24(30)27-21-7-5-4-6-20(21)25/h4-11H,3,12-16H2,1-2H3,(H,27,30). The molecule has 0 saturated carbocycles. The van der Waals surface area contributed by atoms with Gasteiger partial charge in [-0.15, -0.1) is 0 Å². The number of nitrogens with zero attached hydrogens (tertiary/aromatic N) is 3. The molecule has 1 fully saturated rings. The molecule has 32 heavy (non-hydrogen) atoms. The van der Waals surface area contributed by atoms with Crippen LogP contribution in [-0.2, 0) is 6.54 Å². The number of halogens is 1. The number of aryl methyl sites for hydroxylation is 1. The minimum atomic E-state index is -0.131. The number of benzene rings is 2. The topological polar surface area (TPSA) is 70.8 Å². The van der Waals surface area contributed by atoms with E-state index in [-0.39, 0.29) is 6.03 Å². The molecule has 0 radical (unpaired) electrons. The number of carbonyl (C=O) groups excluding carboxylic acids is 1. The van der Waals surface area contributed by atoms with E-state index in [2.05, 4.69) is 10.2 Å². The van der Waals surface area contributed by atoms with Gasteiger partial charge in [-0.3, -0.25) is 4.90 Å². The summed E-state index contributed by atoms with van der Waals surface area (Å²) in [5, 5.41) is 3.42. The van der Waals surface area contributed by atoms with Gasteiger partial charge in [0.2, 0.25) is 5.89 Å². The van der Waals surface area contributed by atoms with Crippen LogP contribution in [0, 0.1) is 6.92 Å². The van der Waals surface area contributed by atoms with Crippen LogP contribution < -0.4 is 10.1 Å². The average Bonchev–Trinajstić information content (AvgIpc) is 3.16. The van der Waals surface area contributed by atoms with Gasteiger partial charge in [-0.05, 0) is 50.2 Å². The molecule has 0 unspecified atom stereocenters. The van der Waals surface area contributed by atoms with Gasteiger partial charge < -0.3 is 19.4 Å². The van der Waals surface area contributed by atoms with Crippen molar-refractivity contribution in [2.24, 2.45) is 0 Å². The van der Waals surface area contributed by atoms with Crippen molar-refractivity contribution in [2.45, 2.75) is 20.4 Å². The molecule has 8 heteroatoms. The third-order valence-electron chi connectivity index (χ3n) is 5.45. The lowest BCUT2D eigenvalue weighted by atomic mass is 10.2. The third-order valence-corrected chi connectivity index (χ3v) is 5.78. The van der Waals surface area contributed by atoms with Crippen LogP contribution in [-0.4, -0.2) is 53.6 Å². The van der Waals surface area contributed by atoms with Crippen LogP contribution in [0.3, 0.4) is 0 Å². The summed E-state index contributed by atoms with van der Waals surface area (Å²) < 4.78 is 11.4. The van der Waals surface area contributed by atoms with Crippen molar-refractivity contribution in [1.82, 2.24) is 14.8 Å². The van der Waals surface area contributed by atoms with Crippen molar-refractivity contribution in [3.63, 3.8) is 0 Å². The lowest BCUT2D eigenvalue weighted by Crippen LogP contribution is -2.49. The molecule has 0 atom stereocenters. The first kappa shape index (κ1) is 22.2. The number of hydrogen-bond acceptors (Lipinski definition) is 5. The number of ether oxygens (including phenoxy) is 1. The zero-order chi connectivity index (χ0) is 22.5. The first-order valence-corrected chi connectivity index (χ1v) is 11.1. The molecule has 4 rings (SSSR count). The van der Waals surface area contributed by atoms with Crippen LogP contribution >= 0.6 is 11.6 Å². The molecule has 3 aromatic rings. The molecule has 7 nitrogen and oxygen atoms in total. The fraction of sp³-hybridized carbons (Fsp3) is 0.333. The van der Waals surface area contributed by atoms with Gasteiger partial charge in [0.25, 0.3) is 0 Å². The molecule has 0 spiro atoms. The van der Waals surface area contributed by atoms with Crippen molar-refractivity contribution in [3.05, 3.63) is 65.0 Å². The number of carbonyl (C=O) groups is 1. The zero-order valence-electron chi connectivity index (χ0n) is 18.3. The molecule has 1 N–H and O–H groups in total. The van der Waals surface area contributed by atoms with Crippen molar-refractivity contribution < 1.29 is 13.9 Å². The highest BCUT2D eigenvalue weighted by Gasteiger charge is 2.23. The molecule has 1 aliphatic heterocycles. The maximum Gasteiger partial charge on any atom is 0.321 e. The SMILES string of the molecule is CCOc1ccc(-c2nc(CN3CCN(C(=O)Nc4ccccc4Cl)CC3)c(C)o2)cc1. The van der Waals surface area contributed by atoms with E-state index in [1.54, 1.807) is 17.0 Å². The van der Waals surface area contributed by atoms with E-state index in [0.717, 1.165) is 35.9 Å². The van der Waals surface area contributed by atoms with Gasteiger partial charge >= 0.3 is 6.03 Å². The largest absolute Gasteiger partial charge is 0.494 e. The molecular formula is C24H27ClN4O3. The summed E-state index contributed by atoms with van der Waals surface area (Å²) in [7, 11) is 0. The van der Waals surface area contributed by atoms with Gasteiger partial charge in [0.15, 0.2) is 0 Å². The second kappa shape index (κ2) is 10.1. The number of para-hydroxylation sites is 1. The number of piperazine rings is 1. The lowest BCUT2D eigenvalue weighted by molar-refractivity contribution is 0.141. The average molecular weight is 455 g/mol. The predicted molar refractivity (Wildman–Crippen MR) is 125 cm³/mol. The normalized spacial score (nSPS) is 14.4. The first-order chi connectivity index (χ1) is 15.5. The summed E-state index contributed by atoms with van der Waals surface area (Å²) in [6, 6.07) is 14.9. The number of anilines is 1. The van der Waals surface area contributed by atoms with Gasteiger partial charge in [0.05, 0.1) is 23.0 Å². The lowest BCUT2D eigenvalue weighted by Gasteiger charge is -2.34. The number of nitrogens with one attached hydrogen (secondary N) is 1. The van der Waals surface area contributed by atoms with Crippen LogP contribution in [0.15, 0.2) is 52.9 Å². The molecule has 2 amide bonds. The molecule has 2 heterocycles. The van der Waals surface area contributed by atoms with Crippen LogP contribution in [0.2, 0.25) is 5.02 Å². The highest BCUT2D eigenvalue weighted by molar-refractivity contribution is 6.33. The highest BCUT2D eigenvalue weighted by atomic mass is 35.5. The van der Waals surface area contributed by atoms with Crippen molar-refractivity contribution in [2.75, 3.05) is 38.1 Å². The summed E-state index contributed by atoms with van der Waals surface area (Å²) >= 11 is 6.14.